The number of amides is 3. The molecule has 3 amide bonds. The van der Waals surface area contributed by atoms with Crippen LogP contribution in [0.2, 0.25) is 0 Å². The molecule has 1 aliphatic rings. The van der Waals surface area contributed by atoms with Crippen molar-refractivity contribution in [3.63, 3.8) is 0 Å². The zero-order valence-electron chi connectivity index (χ0n) is 22.6. The van der Waals surface area contributed by atoms with Crippen molar-refractivity contribution in [2.45, 2.75) is 64.7 Å². The van der Waals surface area contributed by atoms with E-state index >= 15 is 0 Å². The van der Waals surface area contributed by atoms with Crippen LogP contribution in [0.4, 0.5) is 10.5 Å². The minimum Gasteiger partial charge on any atom is -0.447 e. The molecule has 12 nitrogen and oxygen atoms in total. The molecule has 0 aliphatic carbocycles. The molecule has 1 fully saturated rings. The van der Waals surface area contributed by atoms with Crippen molar-refractivity contribution in [2.24, 2.45) is 10.7 Å². The van der Waals surface area contributed by atoms with E-state index in [1.807, 2.05) is 6.92 Å². The van der Waals surface area contributed by atoms with Gasteiger partial charge in [0, 0.05) is 43.1 Å². The molecule has 1 saturated heterocycles. The van der Waals surface area contributed by atoms with E-state index in [0.29, 0.717) is 42.5 Å². The molecule has 2 aromatic heterocycles. The predicted octanol–water partition coefficient (Wildman–Crippen LogP) is 3.69. The number of hydroxylamine groups is 2. The first-order valence-electron chi connectivity index (χ1n) is 12.3. The summed E-state index contributed by atoms with van der Waals surface area (Å²) >= 11 is 0. The van der Waals surface area contributed by atoms with Crippen molar-refractivity contribution in [1.82, 2.24) is 10.0 Å². The van der Waals surface area contributed by atoms with Gasteiger partial charge >= 0.3 is 12.0 Å². The van der Waals surface area contributed by atoms with E-state index in [-0.39, 0.29) is 29.2 Å². The van der Waals surface area contributed by atoms with E-state index < -0.39 is 17.6 Å². The lowest BCUT2D eigenvalue weighted by Crippen LogP contribution is -2.42. The Morgan fingerprint density at radius 3 is 2.68 bits per heavy atom. The average molecular weight is 530 g/mol. The van der Waals surface area contributed by atoms with Crippen molar-refractivity contribution in [2.75, 3.05) is 25.7 Å². The summed E-state index contributed by atoms with van der Waals surface area (Å²) in [5.41, 5.74) is 6.34. The van der Waals surface area contributed by atoms with Gasteiger partial charge in [-0.05, 0) is 46.1 Å². The van der Waals surface area contributed by atoms with Crippen molar-refractivity contribution >= 4 is 46.9 Å². The molecule has 0 saturated carbocycles. The first-order chi connectivity index (χ1) is 18.0. The monoisotopic (exact) mass is 529 g/mol. The van der Waals surface area contributed by atoms with Gasteiger partial charge in [0.25, 0.3) is 0 Å². The molecule has 2 atom stereocenters. The van der Waals surface area contributed by atoms with Gasteiger partial charge in [-0.3, -0.25) is 19.4 Å². The lowest BCUT2D eigenvalue weighted by atomic mass is 9.99. The summed E-state index contributed by atoms with van der Waals surface area (Å²) in [5, 5.41) is 1.47. The molecule has 0 radical (unpaired) electrons. The highest BCUT2D eigenvalue weighted by atomic mass is 16.7. The van der Waals surface area contributed by atoms with E-state index in [9.17, 15) is 14.4 Å². The van der Waals surface area contributed by atoms with Crippen LogP contribution in [0, 0.1) is 0 Å². The van der Waals surface area contributed by atoms with Crippen LogP contribution in [0.1, 0.15) is 63.2 Å². The quantitative estimate of drug-likeness (QED) is 0.307. The highest BCUT2D eigenvalue weighted by Crippen LogP contribution is 2.38. The van der Waals surface area contributed by atoms with Gasteiger partial charge in [-0.25, -0.2) is 9.86 Å². The summed E-state index contributed by atoms with van der Waals surface area (Å²) in [6.45, 7) is 7.70. The summed E-state index contributed by atoms with van der Waals surface area (Å²) in [7, 11) is 2.79. The Morgan fingerprint density at radius 2 is 2.08 bits per heavy atom. The molecular weight excluding hydrogens is 494 g/mol. The zero-order valence-corrected chi connectivity index (χ0v) is 22.6. The lowest BCUT2D eigenvalue weighted by molar-refractivity contribution is -0.108. The number of rotatable bonds is 8. The second kappa shape index (κ2) is 12.2. The van der Waals surface area contributed by atoms with E-state index in [1.54, 1.807) is 26.8 Å². The van der Waals surface area contributed by atoms with Crippen LogP contribution in [0.5, 0.6) is 0 Å². The number of carbonyl (C=O) groups excluding carboxylic acids is 3. The lowest BCUT2D eigenvalue weighted by Gasteiger charge is -2.35. The smallest absolute Gasteiger partial charge is 0.434 e. The fraction of sp³-hybridized carbons (Fsp3) is 0.500. The number of allylic oxidation sites excluding steroid dienone is 1. The Balaban J connectivity index is 2.11. The van der Waals surface area contributed by atoms with Gasteiger partial charge < -0.3 is 24.5 Å². The third-order valence-electron chi connectivity index (χ3n) is 6.04. The SMILES string of the molecule is CCC1CC(N(C=O)c2c(C(=O)N(C)OC)oc3cnc(C(=C/N)/C=N/C(=O)OC(C)(C)C)cc23)CCO1. The molecule has 3 rings (SSSR count). The number of aromatic nitrogens is 1. The number of aliphatic imine (C=N–C) groups is 1. The van der Waals surface area contributed by atoms with Crippen molar-refractivity contribution < 1.29 is 33.1 Å². The molecule has 1 aliphatic heterocycles. The summed E-state index contributed by atoms with van der Waals surface area (Å²) in [5.74, 6) is -0.650. The van der Waals surface area contributed by atoms with Gasteiger partial charge in [-0.15, -0.1) is 0 Å². The van der Waals surface area contributed by atoms with Crippen LogP contribution in [-0.4, -0.2) is 73.2 Å². The zero-order chi connectivity index (χ0) is 28.0. The Morgan fingerprint density at radius 1 is 1.34 bits per heavy atom. The van der Waals surface area contributed by atoms with Crippen LogP contribution in [-0.2, 0) is 19.1 Å². The van der Waals surface area contributed by atoms with Gasteiger partial charge in [0.05, 0.1) is 25.1 Å². The molecule has 206 valence electrons. The Kier molecular flexibility index (Phi) is 9.23. The summed E-state index contributed by atoms with van der Waals surface area (Å²) < 4.78 is 16.9. The molecule has 0 aromatic carbocycles. The Bertz CT molecular complexity index is 1230. The predicted molar refractivity (Wildman–Crippen MR) is 142 cm³/mol. The van der Waals surface area contributed by atoms with E-state index in [0.717, 1.165) is 11.5 Å². The number of nitrogens with zero attached hydrogens (tertiary/aromatic N) is 4. The van der Waals surface area contributed by atoms with Gasteiger partial charge in [-0.1, -0.05) is 6.92 Å². The maximum Gasteiger partial charge on any atom is 0.434 e. The normalized spacial score (nSPS) is 18.5. The standard InChI is InChI=1S/C26H35N5O7/c1-7-18-10-17(8-9-36-18)31(15-32)22-19-11-20(16(12-27)13-29-25(34)38-26(2,3)4)28-14-21(19)37-23(22)24(33)30(5)35-6/h11-15,17-18H,7-10,27H2,1-6H3/b16-12+,29-13+. The highest BCUT2D eigenvalue weighted by molar-refractivity contribution is 6.14. The molecule has 12 heteroatoms. The largest absolute Gasteiger partial charge is 0.447 e. The maximum atomic E-state index is 13.2. The van der Waals surface area contributed by atoms with Crippen LogP contribution < -0.4 is 10.6 Å². The summed E-state index contributed by atoms with van der Waals surface area (Å²) in [4.78, 5) is 52.5. The first-order valence-corrected chi connectivity index (χ1v) is 12.3. The van der Waals surface area contributed by atoms with Gasteiger partial charge in [0.15, 0.2) is 5.58 Å². The molecule has 3 heterocycles. The molecule has 0 bridgehead atoms. The minimum atomic E-state index is -0.783. The fourth-order valence-electron chi connectivity index (χ4n) is 4.10. The van der Waals surface area contributed by atoms with Crippen LogP contribution in [0.15, 0.2) is 27.9 Å². The van der Waals surface area contributed by atoms with Crippen LogP contribution >= 0.6 is 0 Å². The maximum absolute atomic E-state index is 13.2. The fourth-order valence-corrected chi connectivity index (χ4v) is 4.10. The van der Waals surface area contributed by atoms with Gasteiger partial charge in [0.1, 0.15) is 11.3 Å². The Hall–Kier alpha value is -3.77. The molecule has 2 aromatic rings. The molecule has 0 spiro atoms. The second-order valence-electron chi connectivity index (χ2n) is 9.78. The average Bonchev–Trinajstić information content (AvgIpc) is 3.26. The van der Waals surface area contributed by atoms with E-state index in [4.69, 9.17) is 24.5 Å². The number of anilines is 1. The van der Waals surface area contributed by atoms with Crippen molar-refractivity contribution in [1.29, 1.82) is 0 Å². The second-order valence-corrected chi connectivity index (χ2v) is 9.78. The molecule has 2 unspecified atom stereocenters. The number of nitrogens with two attached hydrogens (primary N) is 1. The van der Waals surface area contributed by atoms with Gasteiger partial charge in [-0.2, -0.15) is 4.99 Å². The van der Waals surface area contributed by atoms with Crippen molar-refractivity contribution in [3.8, 4) is 0 Å². The van der Waals surface area contributed by atoms with Gasteiger partial charge in [0.2, 0.25) is 12.2 Å². The number of carbonyl (C=O) groups is 3. The van der Waals surface area contributed by atoms with Crippen LogP contribution in [0.3, 0.4) is 0 Å². The topological polar surface area (TPSA) is 150 Å². The van der Waals surface area contributed by atoms with E-state index in [2.05, 4.69) is 9.98 Å². The number of pyridine rings is 1. The first kappa shape index (κ1) is 28.8. The molecule has 2 N–H and O–H groups in total. The van der Waals surface area contributed by atoms with Crippen molar-refractivity contribution in [3.05, 3.63) is 29.9 Å². The highest BCUT2D eigenvalue weighted by Gasteiger charge is 2.34. The third-order valence-corrected chi connectivity index (χ3v) is 6.04. The number of ether oxygens (including phenoxy) is 2. The number of fused-ring (bicyclic) bond motifs is 1. The van der Waals surface area contributed by atoms with E-state index in [1.165, 1.54) is 37.7 Å². The summed E-state index contributed by atoms with van der Waals surface area (Å²) in [6, 6.07) is 1.41. The Labute approximate surface area is 221 Å². The third kappa shape index (κ3) is 6.56. The number of hydrogen-bond donors (Lipinski definition) is 1. The number of hydrogen-bond acceptors (Lipinski definition) is 9. The number of furan rings is 1. The summed E-state index contributed by atoms with van der Waals surface area (Å²) in [6.07, 6.45) is 5.79. The van der Waals surface area contributed by atoms with Crippen LogP contribution in [0.25, 0.3) is 16.5 Å². The molecule has 38 heavy (non-hydrogen) atoms. The minimum absolute atomic E-state index is 0.0109. The molecular formula is C26H35N5O7.